The maximum atomic E-state index is 5.95. The molecule has 90 valence electrons. The Morgan fingerprint density at radius 1 is 1.20 bits per heavy atom. The maximum Gasteiger partial charge on any atom is 0.00472 e. The third-order valence-electron chi connectivity index (χ3n) is 3.45. The Morgan fingerprint density at radius 3 is 2.13 bits per heavy atom. The van der Waals surface area contributed by atoms with E-state index in [4.69, 9.17) is 5.73 Å². The highest BCUT2D eigenvalue weighted by Gasteiger charge is 2.33. The summed E-state index contributed by atoms with van der Waals surface area (Å²) < 4.78 is 0. The monoisotopic (exact) mass is 212 g/mol. The molecule has 2 N–H and O–H groups in total. The molecule has 1 saturated carbocycles. The van der Waals surface area contributed by atoms with Crippen molar-refractivity contribution in [3.8, 4) is 0 Å². The van der Waals surface area contributed by atoms with Gasteiger partial charge in [-0.15, -0.1) is 0 Å². The third-order valence-corrected chi connectivity index (χ3v) is 3.45. The van der Waals surface area contributed by atoms with E-state index in [1.807, 2.05) is 0 Å². The molecule has 0 saturated heterocycles. The van der Waals surface area contributed by atoms with Crippen LogP contribution in [0.3, 0.4) is 0 Å². The minimum Gasteiger partial charge on any atom is -0.330 e. The van der Waals surface area contributed by atoms with Crippen LogP contribution in [0.2, 0.25) is 0 Å². The Balaban J connectivity index is 2.45. The van der Waals surface area contributed by atoms with Gasteiger partial charge in [-0.1, -0.05) is 33.6 Å². The second-order valence-corrected chi connectivity index (χ2v) is 6.64. The molecule has 0 radical (unpaired) electrons. The fourth-order valence-corrected chi connectivity index (χ4v) is 2.99. The molecule has 0 unspecified atom stereocenters. The second kappa shape index (κ2) is 4.84. The summed E-state index contributed by atoms with van der Waals surface area (Å²) >= 11 is 0. The predicted octanol–water partition coefficient (Wildman–Crippen LogP) is 2.48. The molecule has 1 aliphatic rings. The van der Waals surface area contributed by atoms with Crippen molar-refractivity contribution in [1.29, 1.82) is 0 Å². The van der Waals surface area contributed by atoms with E-state index in [0.717, 1.165) is 13.1 Å². The largest absolute Gasteiger partial charge is 0.330 e. The summed E-state index contributed by atoms with van der Waals surface area (Å²) in [6.07, 6.45) is 5.41. The van der Waals surface area contributed by atoms with Crippen molar-refractivity contribution in [2.75, 3.05) is 26.7 Å². The number of nitrogens with zero attached hydrogens (tertiary/aromatic N) is 1. The smallest absolute Gasteiger partial charge is 0.00472 e. The first-order chi connectivity index (χ1) is 6.87. The first kappa shape index (κ1) is 13.0. The second-order valence-electron chi connectivity index (χ2n) is 6.64. The molecular weight excluding hydrogens is 184 g/mol. The molecular formula is C13H28N2. The van der Waals surface area contributed by atoms with Crippen molar-refractivity contribution in [3.63, 3.8) is 0 Å². The van der Waals surface area contributed by atoms with Crippen molar-refractivity contribution in [2.45, 2.75) is 46.5 Å². The van der Waals surface area contributed by atoms with Crippen LogP contribution in [0.5, 0.6) is 0 Å². The number of rotatable bonds is 4. The van der Waals surface area contributed by atoms with Gasteiger partial charge >= 0.3 is 0 Å². The Hall–Kier alpha value is -0.0800. The molecule has 0 aliphatic heterocycles. The molecule has 15 heavy (non-hydrogen) atoms. The van der Waals surface area contributed by atoms with E-state index in [1.54, 1.807) is 0 Å². The van der Waals surface area contributed by atoms with Crippen molar-refractivity contribution in [1.82, 2.24) is 4.90 Å². The number of hydrogen-bond acceptors (Lipinski definition) is 2. The summed E-state index contributed by atoms with van der Waals surface area (Å²) in [5.74, 6) is 0. The van der Waals surface area contributed by atoms with Crippen molar-refractivity contribution >= 4 is 0 Å². The van der Waals surface area contributed by atoms with Crippen LogP contribution in [0.25, 0.3) is 0 Å². The van der Waals surface area contributed by atoms with Crippen LogP contribution in [0.4, 0.5) is 0 Å². The van der Waals surface area contributed by atoms with Crippen LogP contribution in [0.15, 0.2) is 0 Å². The lowest BCUT2D eigenvalue weighted by atomic mass is 9.85. The number of nitrogens with two attached hydrogens (primary N) is 1. The van der Waals surface area contributed by atoms with E-state index < -0.39 is 0 Å². The van der Waals surface area contributed by atoms with Gasteiger partial charge in [-0.05, 0) is 37.3 Å². The van der Waals surface area contributed by atoms with Crippen molar-refractivity contribution in [3.05, 3.63) is 0 Å². The van der Waals surface area contributed by atoms with Gasteiger partial charge < -0.3 is 10.6 Å². The zero-order valence-electron chi connectivity index (χ0n) is 11.0. The van der Waals surface area contributed by atoms with Gasteiger partial charge in [0.05, 0.1) is 0 Å². The van der Waals surface area contributed by atoms with Gasteiger partial charge in [0.1, 0.15) is 0 Å². The molecule has 0 aromatic heterocycles. The molecule has 0 bridgehead atoms. The quantitative estimate of drug-likeness (QED) is 0.776. The number of hydrogen-bond donors (Lipinski definition) is 1. The normalized spacial score (nSPS) is 21.2. The summed E-state index contributed by atoms with van der Waals surface area (Å²) in [4.78, 5) is 2.47. The van der Waals surface area contributed by atoms with E-state index in [-0.39, 0.29) is 0 Å². The van der Waals surface area contributed by atoms with E-state index in [0.29, 0.717) is 10.8 Å². The molecule has 2 nitrogen and oxygen atoms in total. The lowest BCUT2D eigenvalue weighted by Gasteiger charge is -2.35. The molecule has 0 spiro atoms. The average molecular weight is 212 g/mol. The predicted molar refractivity (Wildman–Crippen MR) is 66.9 cm³/mol. The van der Waals surface area contributed by atoms with Gasteiger partial charge in [-0.2, -0.15) is 0 Å². The summed E-state index contributed by atoms with van der Waals surface area (Å²) in [6.45, 7) is 10.1. The minimum atomic E-state index is 0.392. The zero-order chi connectivity index (χ0) is 11.5. The average Bonchev–Trinajstić information content (AvgIpc) is 2.50. The van der Waals surface area contributed by atoms with Crippen LogP contribution in [-0.2, 0) is 0 Å². The summed E-state index contributed by atoms with van der Waals surface area (Å²) in [5.41, 5.74) is 6.78. The minimum absolute atomic E-state index is 0.392. The Labute approximate surface area is 95.2 Å². The van der Waals surface area contributed by atoms with Crippen LogP contribution in [-0.4, -0.2) is 31.6 Å². The summed E-state index contributed by atoms with van der Waals surface area (Å²) in [5, 5.41) is 0. The summed E-state index contributed by atoms with van der Waals surface area (Å²) in [7, 11) is 2.24. The van der Waals surface area contributed by atoms with E-state index in [2.05, 4.69) is 32.7 Å². The molecule has 1 fully saturated rings. The van der Waals surface area contributed by atoms with Gasteiger partial charge in [-0.3, -0.25) is 0 Å². The van der Waals surface area contributed by atoms with Crippen LogP contribution >= 0.6 is 0 Å². The van der Waals surface area contributed by atoms with Gasteiger partial charge in [0.25, 0.3) is 0 Å². The Kier molecular flexibility index (Phi) is 4.19. The summed E-state index contributed by atoms with van der Waals surface area (Å²) in [6, 6.07) is 0. The van der Waals surface area contributed by atoms with Crippen LogP contribution in [0, 0.1) is 10.8 Å². The first-order valence-electron chi connectivity index (χ1n) is 6.26. The van der Waals surface area contributed by atoms with E-state index in [9.17, 15) is 0 Å². The topological polar surface area (TPSA) is 29.3 Å². The van der Waals surface area contributed by atoms with E-state index >= 15 is 0 Å². The Bertz CT molecular complexity index is 187. The van der Waals surface area contributed by atoms with Gasteiger partial charge in [0.15, 0.2) is 0 Å². The van der Waals surface area contributed by atoms with Crippen molar-refractivity contribution < 1.29 is 0 Å². The molecule has 0 aromatic carbocycles. The molecule has 2 heteroatoms. The molecule has 0 aromatic rings. The van der Waals surface area contributed by atoms with Gasteiger partial charge in [0.2, 0.25) is 0 Å². The third kappa shape index (κ3) is 4.12. The van der Waals surface area contributed by atoms with Crippen LogP contribution in [0.1, 0.15) is 46.5 Å². The molecule has 1 aliphatic carbocycles. The zero-order valence-corrected chi connectivity index (χ0v) is 11.0. The molecule has 1 rings (SSSR count). The SMILES string of the molecule is CN(CC(C)(C)C)CC1(CN)CCCC1. The lowest BCUT2D eigenvalue weighted by Crippen LogP contribution is -2.42. The van der Waals surface area contributed by atoms with Crippen LogP contribution < -0.4 is 5.73 Å². The molecule has 0 amide bonds. The fourth-order valence-electron chi connectivity index (χ4n) is 2.99. The molecule has 0 atom stereocenters. The van der Waals surface area contributed by atoms with Crippen molar-refractivity contribution in [2.24, 2.45) is 16.6 Å². The lowest BCUT2D eigenvalue weighted by molar-refractivity contribution is 0.145. The molecule has 0 heterocycles. The highest BCUT2D eigenvalue weighted by Crippen LogP contribution is 2.37. The van der Waals surface area contributed by atoms with E-state index in [1.165, 1.54) is 32.2 Å². The first-order valence-corrected chi connectivity index (χ1v) is 6.26. The highest BCUT2D eigenvalue weighted by atomic mass is 15.1. The Morgan fingerprint density at radius 2 is 1.73 bits per heavy atom. The highest BCUT2D eigenvalue weighted by molar-refractivity contribution is 4.88. The van der Waals surface area contributed by atoms with Gasteiger partial charge in [-0.25, -0.2) is 0 Å². The fraction of sp³-hybridized carbons (Fsp3) is 1.00. The maximum absolute atomic E-state index is 5.95. The van der Waals surface area contributed by atoms with Gasteiger partial charge in [0, 0.05) is 13.1 Å². The standard InChI is InChI=1S/C13H28N2/c1-12(2,3)10-15(4)11-13(9-14)7-5-6-8-13/h5-11,14H2,1-4H3.